The van der Waals surface area contributed by atoms with Gasteiger partial charge in [0.1, 0.15) is 0 Å². The molecule has 0 aromatic heterocycles. The number of hydrogen-bond donors (Lipinski definition) is 1. The van der Waals surface area contributed by atoms with Crippen LogP contribution in [0.5, 0.6) is 0 Å². The molecule has 0 spiro atoms. The molecule has 0 aliphatic carbocycles. The van der Waals surface area contributed by atoms with Crippen molar-refractivity contribution in [2.45, 2.75) is 30.8 Å². The summed E-state index contributed by atoms with van der Waals surface area (Å²) in [7, 11) is 0. The first kappa shape index (κ1) is 15.0. The summed E-state index contributed by atoms with van der Waals surface area (Å²) >= 11 is 3.48. The van der Waals surface area contributed by atoms with E-state index in [1.54, 1.807) is 17.4 Å². The zero-order valence-electron chi connectivity index (χ0n) is 9.72. The van der Waals surface area contributed by atoms with Crippen molar-refractivity contribution in [3.8, 4) is 0 Å². The van der Waals surface area contributed by atoms with E-state index in [9.17, 15) is 18.0 Å². The fourth-order valence-corrected chi connectivity index (χ4v) is 1.70. The highest BCUT2D eigenvalue weighted by atomic mass is 79.9. The van der Waals surface area contributed by atoms with Gasteiger partial charge in [0.2, 0.25) is 0 Å². The molecule has 0 aliphatic heterocycles. The zero-order valence-corrected chi connectivity index (χ0v) is 11.3. The monoisotopic (exact) mass is 323 g/mol. The van der Waals surface area contributed by atoms with Gasteiger partial charge < -0.3 is 5.32 Å². The van der Waals surface area contributed by atoms with Crippen molar-refractivity contribution < 1.29 is 18.0 Å². The molecule has 0 heterocycles. The Bertz CT molecular complexity index is 403. The average molecular weight is 324 g/mol. The number of benzene rings is 1. The molecule has 2 nitrogen and oxygen atoms in total. The van der Waals surface area contributed by atoms with Crippen LogP contribution in [0.3, 0.4) is 0 Å². The Morgan fingerprint density at radius 2 is 1.89 bits per heavy atom. The maximum atomic E-state index is 12.0. The van der Waals surface area contributed by atoms with Gasteiger partial charge in [-0.1, -0.05) is 35.0 Å². The van der Waals surface area contributed by atoms with Crippen molar-refractivity contribution in [2.75, 3.05) is 5.32 Å². The molecule has 0 saturated carbocycles. The molecule has 1 aromatic carbocycles. The summed E-state index contributed by atoms with van der Waals surface area (Å²) in [5.41, 5.74) is 1.15. The Labute approximate surface area is 112 Å². The first-order chi connectivity index (χ1) is 8.32. The smallest absolute Gasteiger partial charge is 0.318 e. The lowest BCUT2D eigenvalue weighted by molar-refractivity contribution is -0.167. The quantitative estimate of drug-likeness (QED) is 0.836. The zero-order chi connectivity index (χ0) is 13.8. The molecule has 0 fully saturated rings. The minimum atomic E-state index is -4.86. The SMILES string of the molecule is CCC(Br)Cc1ccc(NC(=O)C(F)(F)F)cc1. The predicted molar refractivity (Wildman–Crippen MR) is 67.8 cm³/mol. The molecule has 100 valence electrons. The van der Waals surface area contributed by atoms with Crippen LogP contribution in [-0.4, -0.2) is 16.9 Å². The van der Waals surface area contributed by atoms with E-state index in [-0.39, 0.29) is 5.69 Å². The van der Waals surface area contributed by atoms with E-state index in [0.29, 0.717) is 4.83 Å². The first-order valence-electron chi connectivity index (χ1n) is 5.44. The van der Waals surface area contributed by atoms with E-state index in [1.165, 1.54) is 12.1 Å². The lowest BCUT2D eigenvalue weighted by Crippen LogP contribution is -2.29. The van der Waals surface area contributed by atoms with Crippen LogP contribution in [-0.2, 0) is 11.2 Å². The second-order valence-electron chi connectivity index (χ2n) is 3.86. The molecule has 1 N–H and O–H groups in total. The van der Waals surface area contributed by atoms with Gasteiger partial charge in [0.15, 0.2) is 0 Å². The summed E-state index contributed by atoms with van der Waals surface area (Å²) in [4.78, 5) is 11.0. The van der Waals surface area contributed by atoms with Gasteiger partial charge in [-0.3, -0.25) is 4.79 Å². The van der Waals surface area contributed by atoms with Crippen LogP contribution in [0.2, 0.25) is 0 Å². The highest BCUT2D eigenvalue weighted by molar-refractivity contribution is 9.09. The van der Waals surface area contributed by atoms with Crippen LogP contribution >= 0.6 is 15.9 Å². The number of alkyl halides is 4. The molecule has 0 aliphatic rings. The van der Waals surface area contributed by atoms with Crippen LogP contribution in [0.15, 0.2) is 24.3 Å². The van der Waals surface area contributed by atoms with Crippen LogP contribution in [0.4, 0.5) is 18.9 Å². The van der Waals surface area contributed by atoms with Crippen molar-refractivity contribution in [3.63, 3.8) is 0 Å². The van der Waals surface area contributed by atoms with Crippen molar-refractivity contribution in [3.05, 3.63) is 29.8 Å². The van der Waals surface area contributed by atoms with Crippen LogP contribution in [0.25, 0.3) is 0 Å². The molecule has 1 atom stereocenters. The molecule has 18 heavy (non-hydrogen) atoms. The van der Waals surface area contributed by atoms with Gasteiger partial charge in [0.25, 0.3) is 0 Å². The molecular formula is C12H13BrF3NO. The van der Waals surface area contributed by atoms with E-state index in [2.05, 4.69) is 15.9 Å². The minimum Gasteiger partial charge on any atom is -0.318 e. The standard InChI is InChI=1S/C12H13BrF3NO/c1-2-9(13)7-8-3-5-10(6-4-8)17-11(18)12(14,15)16/h3-6,9H,2,7H2,1H3,(H,17,18). The number of carbonyl (C=O) groups excluding carboxylic acids is 1. The van der Waals surface area contributed by atoms with Crippen molar-refractivity contribution in [2.24, 2.45) is 0 Å². The Morgan fingerprint density at radius 3 is 2.33 bits per heavy atom. The highest BCUT2D eigenvalue weighted by Crippen LogP contribution is 2.19. The van der Waals surface area contributed by atoms with E-state index >= 15 is 0 Å². The van der Waals surface area contributed by atoms with E-state index in [1.807, 2.05) is 6.92 Å². The molecule has 1 rings (SSSR count). The highest BCUT2D eigenvalue weighted by Gasteiger charge is 2.38. The summed E-state index contributed by atoms with van der Waals surface area (Å²) in [6.07, 6.45) is -3.10. The van der Waals surface area contributed by atoms with Gasteiger partial charge >= 0.3 is 12.1 Å². The van der Waals surface area contributed by atoms with E-state index in [0.717, 1.165) is 18.4 Å². The average Bonchev–Trinajstić information content (AvgIpc) is 2.30. The molecule has 6 heteroatoms. The van der Waals surface area contributed by atoms with E-state index < -0.39 is 12.1 Å². The van der Waals surface area contributed by atoms with Crippen LogP contribution in [0, 0.1) is 0 Å². The van der Waals surface area contributed by atoms with Gasteiger partial charge in [-0.15, -0.1) is 0 Å². The second kappa shape index (κ2) is 6.22. The normalized spacial score (nSPS) is 13.2. The predicted octanol–water partition coefficient (Wildman–Crippen LogP) is 3.90. The second-order valence-corrected chi connectivity index (χ2v) is 5.15. The molecule has 0 radical (unpaired) electrons. The van der Waals surface area contributed by atoms with Crippen LogP contribution in [0.1, 0.15) is 18.9 Å². The minimum absolute atomic E-state index is 0.142. The summed E-state index contributed by atoms with van der Waals surface area (Å²) in [5.74, 6) is -1.96. The Morgan fingerprint density at radius 1 is 1.33 bits per heavy atom. The maximum absolute atomic E-state index is 12.0. The van der Waals surface area contributed by atoms with Gasteiger partial charge in [-0.25, -0.2) is 0 Å². The molecule has 1 amide bonds. The Kier molecular flexibility index (Phi) is 5.19. The number of rotatable bonds is 4. The fourth-order valence-electron chi connectivity index (χ4n) is 1.33. The molecule has 1 unspecified atom stereocenters. The topological polar surface area (TPSA) is 29.1 Å². The third-order valence-electron chi connectivity index (χ3n) is 2.37. The van der Waals surface area contributed by atoms with Gasteiger partial charge in [-0.2, -0.15) is 13.2 Å². The number of carbonyl (C=O) groups is 1. The molecular weight excluding hydrogens is 311 g/mol. The number of halogens is 4. The lowest BCUT2D eigenvalue weighted by Gasteiger charge is -2.10. The maximum Gasteiger partial charge on any atom is 0.471 e. The first-order valence-corrected chi connectivity index (χ1v) is 6.35. The Hall–Kier alpha value is -1.04. The Balaban J connectivity index is 2.63. The lowest BCUT2D eigenvalue weighted by atomic mass is 10.1. The van der Waals surface area contributed by atoms with Crippen LogP contribution < -0.4 is 5.32 Å². The number of amides is 1. The summed E-state index contributed by atoms with van der Waals surface area (Å²) in [6, 6.07) is 6.34. The summed E-state index contributed by atoms with van der Waals surface area (Å²) in [5, 5.41) is 1.80. The van der Waals surface area contributed by atoms with Gasteiger partial charge in [0.05, 0.1) is 0 Å². The van der Waals surface area contributed by atoms with E-state index in [4.69, 9.17) is 0 Å². The number of nitrogens with one attached hydrogen (secondary N) is 1. The third-order valence-corrected chi connectivity index (χ3v) is 3.34. The van der Waals surface area contributed by atoms with Crippen molar-refractivity contribution >= 4 is 27.5 Å². The van der Waals surface area contributed by atoms with Crippen molar-refractivity contribution in [1.29, 1.82) is 0 Å². The molecule has 1 aromatic rings. The number of anilines is 1. The summed E-state index contributed by atoms with van der Waals surface area (Å²) < 4.78 is 36.0. The fraction of sp³-hybridized carbons (Fsp3) is 0.417. The van der Waals surface area contributed by atoms with Gasteiger partial charge in [-0.05, 0) is 30.5 Å². The third kappa shape index (κ3) is 4.68. The molecule has 0 saturated heterocycles. The summed E-state index contributed by atoms with van der Waals surface area (Å²) in [6.45, 7) is 2.04. The van der Waals surface area contributed by atoms with Gasteiger partial charge in [0, 0.05) is 10.5 Å². The largest absolute Gasteiger partial charge is 0.471 e. The van der Waals surface area contributed by atoms with Crippen molar-refractivity contribution in [1.82, 2.24) is 0 Å². The number of hydrogen-bond acceptors (Lipinski definition) is 1. The molecule has 0 bridgehead atoms.